The third-order valence-corrected chi connectivity index (χ3v) is 4.60. The average molecular weight is 315 g/mol. The number of aromatic carboxylic acids is 1. The molecule has 120 valence electrons. The van der Waals surface area contributed by atoms with Crippen molar-refractivity contribution in [2.24, 2.45) is 11.8 Å². The molecule has 0 spiro atoms. The van der Waals surface area contributed by atoms with Gasteiger partial charge in [0.2, 0.25) is 0 Å². The van der Waals surface area contributed by atoms with Crippen LogP contribution in [0, 0.1) is 11.8 Å². The SMILES string of the molecule is O=C(O)c1cn(Cc2ccc(N3CC4CC4C3)nc2CO)nn1. The molecular weight excluding hydrogens is 298 g/mol. The Hall–Kier alpha value is -2.48. The number of aliphatic hydroxyl groups is 1. The normalized spacial score (nSPS) is 22.2. The Bertz CT molecular complexity index is 749. The van der Waals surface area contributed by atoms with Crippen LogP contribution in [0.1, 0.15) is 28.2 Å². The predicted octanol–water partition coefficient (Wildman–Crippen LogP) is 0.368. The number of hydrogen-bond donors (Lipinski definition) is 2. The van der Waals surface area contributed by atoms with E-state index in [0.29, 0.717) is 12.2 Å². The molecule has 0 bridgehead atoms. The lowest BCUT2D eigenvalue weighted by atomic mass is 10.2. The first-order chi connectivity index (χ1) is 11.1. The number of carboxylic acid groups (broad SMARTS) is 1. The molecule has 2 fully saturated rings. The van der Waals surface area contributed by atoms with Gasteiger partial charge < -0.3 is 15.1 Å². The van der Waals surface area contributed by atoms with Gasteiger partial charge in [0.25, 0.3) is 0 Å². The van der Waals surface area contributed by atoms with E-state index in [0.717, 1.165) is 36.3 Å². The number of fused-ring (bicyclic) bond motifs is 1. The molecular formula is C15H17N5O3. The van der Waals surface area contributed by atoms with Crippen LogP contribution in [0.25, 0.3) is 0 Å². The minimum absolute atomic E-state index is 0.101. The zero-order chi connectivity index (χ0) is 16.0. The molecule has 2 N–H and O–H groups in total. The predicted molar refractivity (Wildman–Crippen MR) is 80.1 cm³/mol. The maximum Gasteiger partial charge on any atom is 0.358 e. The van der Waals surface area contributed by atoms with E-state index in [9.17, 15) is 9.90 Å². The number of hydrogen-bond acceptors (Lipinski definition) is 6. The highest BCUT2D eigenvalue weighted by Crippen LogP contribution is 2.45. The van der Waals surface area contributed by atoms with Gasteiger partial charge in [-0.1, -0.05) is 11.3 Å². The second kappa shape index (κ2) is 5.31. The maximum absolute atomic E-state index is 10.8. The Labute approximate surface area is 132 Å². The molecule has 3 heterocycles. The van der Waals surface area contributed by atoms with E-state index >= 15 is 0 Å². The fourth-order valence-corrected chi connectivity index (χ4v) is 3.21. The molecule has 2 aromatic heterocycles. The van der Waals surface area contributed by atoms with E-state index in [-0.39, 0.29) is 12.3 Å². The highest BCUT2D eigenvalue weighted by Gasteiger charge is 2.45. The van der Waals surface area contributed by atoms with Crippen molar-refractivity contribution in [3.8, 4) is 0 Å². The van der Waals surface area contributed by atoms with E-state index in [2.05, 4.69) is 20.2 Å². The molecule has 1 aliphatic carbocycles. The van der Waals surface area contributed by atoms with Crippen LogP contribution in [-0.4, -0.2) is 49.2 Å². The van der Waals surface area contributed by atoms with Crippen LogP contribution in [0.5, 0.6) is 0 Å². The van der Waals surface area contributed by atoms with Crippen molar-refractivity contribution < 1.29 is 15.0 Å². The minimum atomic E-state index is -1.11. The topological polar surface area (TPSA) is 104 Å². The van der Waals surface area contributed by atoms with E-state index in [1.54, 1.807) is 0 Å². The molecule has 0 amide bonds. The van der Waals surface area contributed by atoms with Crippen molar-refractivity contribution in [2.45, 2.75) is 19.6 Å². The molecule has 0 aromatic carbocycles. The van der Waals surface area contributed by atoms with Gasteiger partial charge in [0.1, 0.15) is 5.82 Å². The van der Waals surface area contributed by atoms with Crippen molar-refractivity contribution in [1.82, 2.24) is 20.0 Å². The van der Waals surface area contributed by atoms with Crippen LogP contribution < -0.4 is 4.90 Å². The molecule has 2 unspecified atom stereocenters. The number of anilines is 1. The number of pyridine rings is 1. The number of carboxylic acids is 1. The molecule has 4 rings (SSSR count). The van der Waals surface area contributed by atoms with Crippen molar-refractivity contribution in [3.63, 3.8) is 0 Å². The number of nitrogens with zero attached hydrogens (tertiary/aromatic N) is 5. The summed E-state index contributed by atoms with van der Waals surface area (Å²) in [5.74, 6) is 1.42. The smallest absolute Gasteiger partial charge is 0.358 e. The Morgan fingerprint density at radius 2 is 2.09 bits per heavy atom. The van der Waals surface area contributed by atoms with Crippen LogP contribution in [-0.2, 0) is 13.2 Å². The molecule has 2 aromatic rings. The largest absolute Gasteiger partial charge is 0.476 e. The van der Waals surface area contributed by atoms with Crippen LogP contribution in [0.3, 0.4) is 0 Å². The summed E-state index contributed by atoms with van der Waals surface area (Å²) >= 11 is 0. The first-order valence-electron chi connectivity index (χ1n) is 7.62. The molecule has 1 saturated carbocycles. The van der Waals surface area contributed by atoms with Gasteiger partial charge in [0, 0.05) is 13.1 Å². The van der Waals surface area contributed by atoms with E-state index in [1.165, 1.54) is 17.3 Å². The Morgan fingerprint density at radius 3 is 2.74 bits per heavy atom. The number of rotatable bonds is 5. The number of carbonyl (C=O) groups is 1. The quantitative estimate of drug-likeness (QED) is 0.821. The van der Waals surface area contributed by atoms with Crippen molar-refractivity contribution >= 4 is 11.8 Å². The monoisotopic (exact) mass is 315 g/mol. The fourth-order valence-electron chi connectivity index (χ4n) is 3.21. The summed E-state index contributed by atoms with van der Waals surface area (Å²) in [5, 5.41) is 25.8. The highest BCUT2D eigenvalue weighted by atomic mass is 16.4. The molecule has 2 atom stereocenters. The van der Waals surface area contributed by atoms with Crippen LogP contribution in [0.4, 0.5) is 5.82 Å². The molecule has 23 heavy (non-hydrogen) atoms. The Morgan fingerprint density at radius 1 is 1.30 bits per heavy atom. The zero-order valence-corrected chi connectivity index (χ0v) is 12.5. The standard InChI is InChI=1S/C15H17N5O3/c21-8-13-9(6-20-7-12(15(22)23)17-18-20)1-2-14(16-13)19-4-10-3-11(10)5-19/h1-2,7,10-11,21H,3-6,8H2,(H,22,23). The second-order valence-corrected chi connectivity index (χ2v) is 6.20. The van der Waals surface area contributed by atoms with Crippen LogP contribution in [0.2, 0.25) is 0 Å². The van der Waals surface area contributed by atoms with Gasteiger partial charge in [0.15, 0.2) is 5.69 Å². The number of aromatic nitrogens is 4. The molecule has 1 saturated heterocycles. The first-order valence-corrected chi connectivity index (χ1v) is 7.62. The zero-order valence-electron chi connectivity index (χ0n) is 12.5. The van der Waals surface area contributed by atoms with Gasteiger partial charge in [-0.05, 0) is 29.9 Å². The van der Waals surface area contributed by atoms with Crippen molar-refractivity contribution in [1.29, 1.82) is 0 Å². The third-order valence-electron chi connectivity index (χ3n) is 4.60. The first kappa shape index (κ1) is 14.1. The summed E-state index contributed by atoms with van der Waals surface area (Å²) in [6, 6.07) is 3.87. The molecule has 8 heteroatoms. The average Bonchev–Trinajstić information content (AvgIpc) is 2.97. The van der Waals surface area contributed by atoms with Crippen LogP contribution in [0.15, 0.2) is 18.3 Å². The number of aliphatic hydroxyl groups excluding tert-OH is 1. The van der Waals surface area contributed by atoms with Gasteiger partial charge in [-0.3, -0.25) is 0 Å². The Balaban J connectivity index is 1.54. The lowest BCUT2D eigenvalue weighted by Gasteiger charge is -2.20. The lowest BCUT2D eigenvalue weighted by molar-refractivity contribution is 0.0690. The molecule has 8 nitrogen and oxygen atoms in total. The second-order valence-electron chi connectivity index (χ2n) is 6.20. The molecule has 2 aliphatic rings. The molecule has 0 radical (unpaired) electrons. The summed E-state index contributed by atoms with van der Waals surface area (Å²) in [4.78, 5) is 17.7. The third kappa shape index (κ3) is 2.65. The van der Waals surface area contributed by atoms with Crippen LogP contribution >= 0.6 is 0 Å². The summed E-state index contributed by atoms with van der Waals surface area (Å²) in [5.41, 5.74) is 1.30. The number of piperidine rings is 1. The summed E-state index contributed by atoms with van der Waals surface area (Å²) < 4.78 is 1.43. The summed E-state index contributed by atoms with van der Waals surface area (Å²) in [7, 11) is 0. The fraction of sp³-hybridized carbons (Fsp3) is 0.467. The van der Waals surface area contributed by atoms with Gasteiger partial charge in [-0.15, -0.1) is 5.10 Å². The highest BCUT2D eigenvalue weighted by molar-refractivity contribution is 5.84. The Kier molecular flexibility index (Phi) is 3.26. The van der Waals surface area contributed by atoms with Crippen molar-refractivity contribution in [3.05, 3.63) is 35.3 Å². The van der Waals surface area contributed by atoms with Gasteiger partial charge in [0.05, 0.1) is 25.0 Å². The maximum atomic E-state index is 10.8. The van der Waals surface area contributed by atoms with Gasteiger partial charge in [-0.2, -0.15) is 0 Å². The lowest BCUT2D eigenvalue weighted by Crippen LogP contribution is -2.23. The molecule has 1 aliphatic heterocycles. The van der Waals surface area contributed by atoms with E-state index in [4.69, 9.17) is 5.11 Å². The van der Waals surface area contributed by atoms with E-state index < -0.39 is 5.97 Å². The van der Waals surface area contributed by atoms with Gasteiger partial charge >= 0.3 is 5.97 Å². The summed E-state index contributed by atoms with van der Waals surface area (Å²) in [6.07, 6.45) is 2.70. The van der Waals surface area contributed by atoms with Crippen molar-refractivity contribution in [2.75, 3.05) is 18.0 Å². The van der Waals surface area contributed by atoms with Gasteiger partial charge in [-0.25, -0.2) is 14.5 Å². The minimum Gasteiger partial charge on any atom is -0.476 e. The summed E-state index contributed by atoms with van der Waals surface area (Å²) in [6.45, 7) is 2.26. The van der Waals surface area contributed by atoms with E-state index in [1.807, 2.05) is 12.1 Å².